The fourth-order valence-corrected chi connectivity index (χ4v) is 1.93. The quantitative estimate of drug-likeness (QED) is 0.822. The monoisotopic (exact) mass is 245 g/mol. The summed E-state index contributed by atoms with van der Waals surface area (Å²) in [6.45, 7) is 5.61. The number of hydrogen-bond donors (Lipinski definition) is 1. The van der Waals surface area contributed by atoms with Crippen LogP contribution in [0.5, 0.6) is 0 Å². The minimum atomic E-state index is -4.31. The molecule has 0 aliphatic heterocycles. The maximum atomic E-state index is 12.9. The van der Waals surface area contributed by atoms with Gasteiger partial charge in [0.05, 0.1) is 5.56 Å². The van der Waals surface area contributed by atoms with Crippen LogP contribution >= 0.6 is 0 Å². The van der Waals surface area contributed by atoms with Gasteiger partial charge in [-0.3, -0.25) is 0 Å². The molecule has 1 nitrogen and oxygen atoms in total. The van der Waals surface area contributed by atoms with E-state index in [1.54, 1.807) is 6.92 Å². The molecule has 0 radical (unpaired) electrons. The molecule has 0 saturated heterocycles. The molecule has 0 heterocycles. The molecule has 1 rings (SSSR count). The van der Waals surface area contributed by atoms with Crippen LogP contribution in [0.1, 0.15) is 42.9 Å². The van der Waals surface area contributed by atoms with E-state index in [2.05, 4.69) is 5.32 Å². The van der Waals surface area contributed by atoms with E-state index in [4.69, 9.17) is 0 Å². The van der Waals surface area contributed by atoms with E-state index in [0.29, 0.717) is 5.56 Å². The summed E-state index contributed by atoms with van der Waals surface area (Å²) in [6.07, 6.45) is -3.50. The maximum Gasteiger partial charge on any atom is 0.418 e. The molecular formula is C13H18F3N. The van der Waals surface area contributed by atoms with Gasteiger partial charge in [0.25, 0.3) is 0 Å². The van der Waals surface area contributed by atoms with Crippen LogP contribution in [0.4, 0.5) is 18.9 Å². The summed E-state index contributed by atoms with van der Waals surface area (Å²) in [5.74, 6) is 0.110. The average molecular weight is 245 g/mol. The molecule has 96 valence electrons. The van der Waals surface area contributed by atoms with Crippen LogP contribution in [0, 0.1) is 6.92 Å². The molecule has 0 bridgehead atoms. The molecule has 4 heteroatoms. The van der Waals surface area contributed by atoms with Crippen LogP contribution in [0.2, 0.25) is 0 Å². The zero-order valence-corrected chi connectivity index (χ0v) is 10.6. The Morgan fingerprint density at radius 2 is 1.88 bits per heavy atom. The highest BCUT2D eigenvalue weighted by Crippen LogP contribution is 2.40. The van der Waals surface area contributed by atoms with Gasteiger partial charge in [-0.2, -0.15) is 13.2 Å². The number of aryl methyl sites for hydroxylation is 1. The highest BCUT2D eigenvalue weighted by molar-refractivity contribution is 5.61. The number of rotatable bonds is 3. The van der Waals surface area contributed by atoms with Gasteiger partial charge in [0.15, 0.2) is 0 Å². The molecule has 1 unspecified atom stereocenters. The van der Waals surface area contributed by atoms with Crippen molar-refractivity contribution in [1.29, 1.82) is 0 Å². The van der Waals surface area contributed by atoms with Gasteiger partial charge < -0.3 is 5.32 Å². The van der Waals surface area contributed by atoms with E-state index in [1.807, 2.05) is 19.9 Å². The van der Waals surface area contributed by atoms with Gasteiger partial charge in [-0.05, 0) is 30.9 Å². The van der Waals surface area contributed by atoms with Crippen molar-refractivity contribution in [3.8, 4) is 0 Å². The van der Waals surface area contributed by atoms with Crippen LogP contribution in [-0.4, -0.2) is 7.05 Å². The molecule has 0 fully saturated rings. The standard InChI is InChI=1S/C13H18F3N/c1-5-9(3)10-6-8(2)7-11(12(10)17-4)13(14,15)16/h6-7,9,17H,5H2,1-4H3. The zero-order chi connectivity index (χ0) is 13.2. The molecule has 1 aromatic carbocycles. The first-order chi connectivity index (χ1) is 7.81. The Kier molecular flexibility index (Phi) is 4.07. The molecule has 0 aliphatic carbocycles. The SMILES string of the molecule is CCC(C)c1cc(C)cc(C(F)(F)F)c1NC. The van der Waals surface area contributed by atoms with Crippen molar-refractivity contribution in [1.82, 2.24) is 0 Å². The Labute approximate surface area is 100 Å². The summed E-state index contributed by atoms with van der Waals surface area (Å²) in [5, 5.41) is 2.69. The number of halogens is 3. The van der Waals surface area contributed by atoms with Crippen molar-refractivity contribution >= 4 is 5.69 Å². The third-order valence-electron chi connectivity index (χ3n) is 3.01. The van der Waals surface area contributed by atoms with Crippen molar-refractivity contribution in [3.05, 3.63) is 28.8 Å². The van der Waals surface area contributed by atoms with Crippen LogP contribution in [0.25, 0.3) is 0 Å². The molecule has 17 heavy (non-hydrogen) atoms. The summed E-state index contributed by atoms with van der Waals surface area (Å²) < 4.78 is 38.8. The Balaban J connectivity index is 3.46. The first-order valence-corrected chi connectivity index (χ1v) is 5.70. The first-order valence-electron chi connectivity index (χ1n) is 5.70. The molecular weight excluding hydrogens is 227 g/mol. The second-order valence-corrected chi connectivity index (χ2v) is 4.33. The molecule has 0 saturated carbocycles. The molecule has 1 N–H and O–H groups in total. The summed E-state index contributed by atoms with van der Waals surface area (Å²) in [7, 11) is 1.53. The second kappa shape index (κ2) is 4.98. The number of nitrogens with one attached hydrogen (secondary N) is 1. The Morgan fingerprint density at radius 1 is 1.29 bits per heavy atom. The highest BCUT2D eigenvalue weighted by Gasteiger charge is 2.35. The van der Waals surface area contributed by atoms with Gasteiger partial charge in [0.2, 0.25) is 0 Å². The van der Waals surface area contributed by atoms with E-state index in [1.165, 1.54) is 13.1 Å². The van der Waals surface area contributed by atoms with E-state index in [-0.39, 0.29) is 11.6 Å². The predicted molar refractivity (Wildman–Crippen MR) is 64.4 cm³/mol. The predicted octanol–water partition coefficient (Wildman–Crippen LogP) is 4.57. The smallest absolute Gasteiger partial charge is 0.387 e. The highest BCUT2D eigenvalue weighted by atomic mass is 19.4. The van der Waals surface area contributed by atoms with Crippen molar-refractivity contribution in [2.45, 2.75) is 39.3 Å². The maximum absolute atomic E-state index is 12.9. The van der Waals surface area contributed by atoms with Crippen molar-refractivity contribution in [2.24, 2.45) is 0 Å². The number of anilines is 1. The van der Waals surface area contributed by atoms with E-state index in [9.17, 15) is 13.2 Å². The lowest BCUT2D eigenvalue weighted by Gasteiger charge is -2.21. The van der Waals surface area contributed by atoms with Crippen molar-refractivity contribution in [3.63, 3.8) is 0 Å². The Bertz CT molecular complexity index is 396. The van der Waals surface area contributed by atoms with Crippen LogP contribution < -0.4 is 5.32 Å². The normalized spacial score (nSPS) is 13.6. The van der Waals surface area contributed by atoms with E-state index < -0.39 is 11.7 Å². The lowest BCUT2D eigenvalue weighted by Crippen LogP contribution is -2.12. The molecule has 1 atom stereocenters. The fourth-order valence-electron chi connectivity index (χ4n) is 1.93. The summed E-state index contributed by atoms with van der Waals surface area (Å²) in [5.41, 5.74) is 1.02. The number of benzene rings is 1. The van der Waals surface area contributed by atoms with Gasteiger partial charge in [-0.15, -0.1) is 0 Å². The van der Waals surface area contributed by atoms with E-state index >= 15 is 0 Å². The average Bonchev–Trinajstić information content (AvgIpc) is 2.25. The van der Waals surface area contributed by atoms with Crippen molar-refractivity contribution in [2.75, 3.05) is 12.4 Å². The minimum absolute atomic E-state index is 0.110. The number of alkyl halides is 3. The van der Waals surface area contributed by atoms with Crippen LogP contribution in [-0.2, 0) is 6.18 Å². The van der Waals surface area contributed by atoms with Gasteiger partial charge in [0, 0.05) is 12.7 Å². The molecule has 1 aromatic rings. The van der Waals surface area contributed by atoms with Crippen molar-refractivity contribution < 1.29 is 13.2 Å². The van der Waals surface area contributed by atoms with Crippen LogP contribution in [0.15, 0.2) is 12.1 Å². The third kappa shape index (κ3) is 2.93. The third-order valence-corrected chi connectivity index (χ3v) is 3.01. The largest absolute Gasteiger partial charge is 0.418 e. The fraction of sp³-hybridized carbons (Fsp3) is 0.538. The van der Waals surface area contributed by atoms with Gasteiger partial charge in [-0.25, -0.2) is 0 Å². The van der Waals surface area contributed by atoms with E-state index in [0.717, 1.165) is 12.0 Å². The molecule has 0 amide bonds. The molecule has 0 aliphatic rings. The van der Waals surface area contributed by atoms with Gasteiger partial charge in [0.1, 0.15) is 0 Å². The minimum Gasteiger partial charge on any atom is -0.387 e. The summed E-state index contributed by atoms with van der Waals surface area (Å²) in [4.78, 5) is 0. The first kappa shape index (κ1) is 13.9. The Morgan fingerprint density at radius 3 is 2.29 bits per heavy atom. The topological polar surface area (TPSA) is 12.0 Å². The number of hydrogen-bond acceptors (Lipinski definition) is 1. The lowest BCUT2D eigenvalue weighted by atomic mass is 9.92. The van der Waals surface area contributed by atoms with Gasteiger partial charge >= 0.3 is 6.18 Å². The molecule has 0 spiro atoms. The summed E-state index contributed by atoms with van der Waals surface area (Å²) in [6, 6.07) is 3.02. The van der Waals surface area contributed by atoms with Gasteiger partial charge in [-0.1, -0.05) is 25.5 Å². The zero-order valence-electron chi connectivity index (χ0n) is 10.6. The lowest BCUT2D eigenvalue weighted by molar-refractivity contribution is -0.137. The summed E-state index contributed by atoms with van der Waals surface area (Å²) >= 11 is 0. The molecule has 0 aromatic heterocycles. The second-order valence-electron chi connectivity index (χ2n) is 4.33. The van der Waals surface area contributed by atoms with Crippen LogP contribution in [0.3, 0.4) is 0 Å². The Hall–Kier alpha value is -1.19.